The molecule has 0 radical (unpaired) electrons. The van der Waals surface area contributed by atoms with Crippen molar-refractivity contribution in [2.75, 3.05) is 4.90 Å². The second kappa shape index (κ2) is 5.32. The third kappa shape index (κ3) is 2.48. The van der Waals surface area contributed by atoms with Gasteiger partial charge in [-0.15, -0.1) is 0 Å². The second-order valence-corrected chi connectivity index (χ2v) is 4.97. The van der Waals surface area contributed by atoms with Crippen LogP contribution in [0.1, 0.15) is 19.4 Å². The van der Waals surface area contributed by atoms with Crippen LogP contribution >= 0.6 is 0 Å². The smallest absolute Gasteiger partial charge is 0.277 e. The lowest BCUT2D eigenvalue weighted by Crippen LogP contribution is -2.59. The van der Waals surface area contributed by atoms with E-state index in [4.69, 9.17) is 5.26 Å². The molecule has 0 saturated carbocycles. The van der Waals surface area contributed by atoms with E-state index in [1.165, 1.54) is 12.1 Å². The molecule has 4 amide bonds. The van der Waals surface area contributed by atoms with Crippen LogP contribution in [0.2, 0.25) is 0 Å². The molecule has 1 atom stereocenters. The minimum Gasteiger partial charge on any atom is -0.277 e. The van der Waals surface area contributed by atoms with Gasteiger partial charge in [-0.1, -0.05) is 13.8 Å². The van der Waals surface area contributed by atoms with Gasteiger partial charge in [-0.2, -0.15) is 5.26 Å². The molecule has 7 heteroatoms. The molecule has 1 aromatic carbocycles. The van der Waals surface area contributed by atoms with Crippen molar-refractivity contribution in [3.8, 4) is 6.07 Å². The number of hydrogen-bond donors (Lipinski definition) is 1. The number of nitrogens with one attached hydrogen (secondary N) is 1. The van der Waals surface area contributed by atoms with Crippen molar-refractivity contribution in [2.24, 2.45) is 11.8 Å². The van der Waals surface area contributed by atoms with Gasteiger partial charge in [0.1, 0.15) is 11.7 Å². The number of hydrogen-bond acceptors (Lipinski definition) is 4. The van der Waals surface area contributed by atoms with E-state index in [0.29, 0.717) is 4.90 Å². The SMILES string of the molecule is CC(C)C1C(=O)NC(=O)N(c2ccc(C#N)cc2F)C1=O. The third-order valence-electron chi connectivity index (χ3n) is 3.19. The molecule has 2 rings (SSSR count). The number of benzene rings is 1. The van der Waals surface area contributed by atoms with Gasteiger partial charge < -0.3 is 0 Å². The van der Waals surface area contributed by atoms with Crippen molar-refractivity contribution in [1.29, 1.82) is 5.26 Å². The zero-order chi connectivity index (χ0) is 15.7. The minimum atomic E-state index is -1.06. The van der Waals surface area contributed by atoms with Crippen LogP contribution in [-0.4, -0.2) is 17.8 Å². The number of carbonyl (C=O) groups is 3. The lowest BCUT2D eigenvalue weighted by molar-refractivity contribution is -0.136. The molecule has 21 heavy (non-hydrogen) atoms. The van der Waals surface area contributed by atoms with Crippen LogP contribution in [-0.2, 0) is 9.59 Å². The van der Waals surface area contributed by atoms with Crippen molar-refractivity contribution in [3.05, 3.63) is 29.6 Å². The summed E-state index contributed by atoms with van der Waals surface area (Å²) in [4.78, 5) is 36.4. The summed E-state index contributed by atoms with van der Waals surface area (Å²) in [5.74, 6) is -3.74. The first kappa shape index (κ1) is 14.7. The van der Waals surface area contributed by atoms with Crippen molar-refractivity contribution in [2.45, 2.75) is 13.8 Å². The number of halogens is 1. The van der Waals surface area contributed by atoms with Gasteiger partial charge in [-0.05, 0) is 24.1 Å². The molecule has 1 aliphatic rings. The highest BCUT2D eigenvalue weighted by Gasteiger charge is 2.43. The molecule has 0 aromatic heterocycles. The fourth-order valence-corrected chi connectivity index (χ4v) is 2.16. The van der Waals surface area contributed by atoms with Crippen LogP contribution in [0.5, 0.6) is 0 Å². The molecule has 1 fully saturated rings. The summed E-state index contributed by atoms with van der Waals surface area (Å²) in [6.45, 7) is 3.32. The first-order chi connectivity index (χ1) is 9.86. The van der Waals surface area contributed by atoms with Crippen molar-refractivity contribution >= 4 is 23.5 Å². The largest absolute Gasteiger partial charge is 0.335 e. The lowest BCUT2D eigenvalue weighted by atomic mass is 9.92. The Bertz CT molecular complexity index is 679. The molecule has 1 unspecified atom stereocenters. The number of nitriles is 1. The van der Waals surface area contributed by atoms with E-state index in [-0.39, 0.29) is 17.2 Å². The molecule has 0 bridgehead atoms. The first-order valence-electron chi connectivity index (χ1n) is 6.25. The molecule has 1 aromatic rings. The lowest BCUT2D eigenvalue weighted by Gasteiger charge is -2.31. The van der Waals surface area contributed by atoms with Crippen molar-refractivity contribution < 1.29 is 18.8 Å². The number of carbonyl (C=O) groups excluding carboxylic acids is 3. The third-order valence-corrected chi connectivity index (χ3v) is 3.19. The minimum absolute atomic E-state index is 0.0672. The van der Waals surface area contributed by atoms with E-state index in [1.54, 1.807) is 19.9 Å². The molecule has 1 aliphatic heterocycles. The van der Waals surface area contributed by atoms with Gasteiger partial charge in [0.2, 0.25) is 11.8 Å². The standard InChI is InChI=1S/C14H12FN3O3/c1-7(2)11-12(19)17-14(21)18(13(11)20)10-4-3-8(6-16)5-9(10)15/h3-5,7,11H,1-2H3,(H,17,19,21). The van der Waals surface area contributed by atoms with Crippen LogP contribution in [0, 0.1) is 29.0 Å². The van der Waals surface area contributed by atoms with Crippen LogP contribution in [0.3, 0.4) is 0 Å². The molecule has 0 aliphatic carbocycles. The van der Waals surface area contributed by atoms with E-state index < -0.39 is 29.6 Å². The second-order valence-electron chi connectivity index (χ2n) is 4.97. The van der Waals surface area contributed by atoms with Gasteiger partial charge in [0.05, 0.1) is 17.3 Å². The molecule has 108 valence electrons. The predicted molar refractivity (Wildman–Crippen MR) is 70.5 cm³/mol. The zero-order valence-corrected chi connectivity index (χ0v) is 11.4. The van der Waals surface area contributed by atoms with Crippen LogP contribution in [0.25, 0.3) is 0 Å². The molecule has 1 heterocycles. The number of nitrogens with zero attached hydrogens (tertiary/aromatic N) is 2. The van der Waals surface area contributed by atoms with E-state index >= 15 is 0 Å². The van der Waals surface area contributed by atoms with Gasteiger partial charge in [-0.3, -0.25) is 14.9 Å². The molecular formula is C14H12FN3O3. The van der Waals surface area contributed by atoms with Gasteiger partial charge in [0.25, 0.3) is 0 Å². The summed E-state index contributed by atoms with van der Waals surface area (Å²) in [5, 5.41) is 10.7. The monoisotopic (exact) mass is 289 g/mol. The quantitative estimate of drug-likeness (QED) is 0.836. The molecule has 1 saturated heterocycles. The summed E-state index contributed by atoms with van der Waals surface area (Å²) in [5.41, 5.74) is -0.216. The fourth-order valence-electron chi connectivity index (χ4n) is 2.16. The maximum Gasteiger partial charge on any atom is 0.335 e. The van der Waals surface area contributed by atoms with E-state index in [2.05, 4.69) is 0 Å². The molecule has 1 N–H and O–H groups in total. The van der Waals surface area contributed by atoms with Crippen LogP contribution < -0.4 is 10.2 Å². The average Bonchev–Trinajstić information content (AvgIpc) is 2.39. The normalized spacial score (nSPS) is 18.7. The summed E-state index contributed by atoms with van der Waals surface area (Å²) in [6.07, 6.45) is 0. The molecular weight excluding hydrogens is 277 g/mol. The van der Waals surface area contributed by atoms with Gasteiger partial charge in [0, 0.05) is 0 Å². The van der Waals surface area contributed by atoms with E-state index in [1.807, 2.05) is 5.32 Å². The van der Waals surface area contributed by atoms with Gasteiger partial charge >= 0.3 is 6.03 Å². The summed E-state index contributed by atoms with van der Waals surface area (Å²) in [6, 6.07) is 4.15. The number of anilines is 1. The topological polar surface area (TPSA) is 90.3 Å². The zero-order valence-electron chi connectivity index (χ0n) is 11.4. The Morgan fingerprint density at radius 2 is 2.00 bits per heavy atom. The maximum absolute atomic E-state index is 14.0. The summed E-state index contributed by atoms with van der Waals surface area (Å²) < 4.78 is 14.0. The van der Waals surface area contributed by atoms with Crippen molar-refractivity contribution in [3.63, 3.8) is 0 Å². The maximum atomic E-state index is 14.0. The van der Waals surface area contributed by atoms with E-state index in [9.17, 15) is 18.8 Å². The summed E-state index contributed by atoms with van der Waals surface area (Å²) in [7, 11) is 0. The van der Waals surface area contributed by atoms with Gasteiger partial charge in [0.15, 0.2) is 0 Å². The number of barbiturate groups is 1. The average molecular weight is 289 g/mol. The van der Waals surface area contributed by atoms with Crippen LogP contribution in [0.15, 0.2) is 18.2 Å². The van der Waals surface area contributed by atoms with E-state index in [0.717, 1.165) is 6.07 Å². The summed E-state index contributed by atoms with van der Waals surface area (Å²) >= 11 is 0. The predicted octanol–water partition coefficient (Wildman–Crippen LogP) is 1.55. The molecule has 6 nitrogen and oxygen atoms in total. The van der Waals surface area contributed by atoms with Crippen molar-refractivity contribution in [1.82, 2.24) is 5.32 Å². The Hall–Kier alpha value is -2.75. The number of urea groups is 1. The first-order valence-corrected chi connectivity index (χ1v) is 6.25. The molecule has 0 spiro atoms. The Morgan fingerprint density at radius 1 is 1.33 bits per heavy atom. The Balaban J connectivity index is 2.47. The Morgan fingerprint density at radius 3 is 2.52 bits per heavy atom. The fraction of sp³-hybridized carbons (Fsp3) is 0.286. The highest BCUT2D eigenvalue weighted by Crippen LogP contribution is 2.27. The number of amides is 4. The number of rotatable bonds is 2. The van der Waals surface area contributed by atoms with Crippen LogP contribution in [0.4, 0.5) is 14.9 Å². The van der Waals surface area contributed by atoms with Gasteiger partial charge in [-0.25, -0.2) is 14.1 Å². The Kier molecular flexibility index (Phi) is 3.72. The highest BCUT2D eigenvalue weighted by atomic mass is 19.1. The highest BCUT2D eigenvalue weighted by molar-refractivity contribution is 6.27. The Labute approximate surface area is 120 Å². The number of imide groups is 2.